The molecule has 64 valence electrons. The van der Waals surface area contributed by atoms with Crippen molar-refractivity contribution in [1.82, 2.24) is 0 Å². The van der Waals surface area contributed by atoms with E-state index in [1.807, 2.05) is 0 Å². The number of ether oxygens (including phenoxy) is 3. The first-order chi connectivity index (χ1) is 5.17. The van der Waals surface area contributed by atoms with Gasteiger partial charge in [0.1, 0.15) is 5.76 Å². The largest absolute Gasteiger partial charge is 0.497 e. The third kappa shape index (κ3) is 2.49. The van der Waals surface area contributed by atoms with Crippen molar-refractivity contribution in [3.05, 3.63) is 11.5 Å². The second kappa shape index (κ2) is 4.60. The predicted molar refractivity (Wildman–Crippen MR) is 38.7 cm³/mol. The molecule has 0 heterocycles. The van der Waals surface area contributed by atoms with E-state index in [1.54, 1.807) is 6.92 Å². The van der Waals surface area contributed by atoms with E-state index in [-0.39, 0.29) is 5.76 Å². The molecule has 0 bridgehead atoms. The van der Waals surface area contributed by atoms with Gasteiger partial charge in [0.05, 0.1) is 21.3 Å². The Morgan fingerprint density at radius 1 is 1.00 bits per heavy atom. The van der Waals surface area contributed by atoms with E-state index in [1.165, 1.54) is 21.3 Å². The minimum absolute atomic E-state index is 0.0926. The molecule has 4 heteroatoms. The highest BCUT2D eigenvalue weighted by Crippen LogP contribution is 2.06. The molecule has 0 amide bonds. The lowest BCUT2D eigenvalue weighted by Gasteiger charge is -2.06. The average molecular weight is 160 g/mol. The number of carbonyl (C=O) groups is 1. The third-order valence-corrected chi connectivity index (χ3v) is 1.20. The van der Waals surface area contributed by atoms with Crippen molar-refractivity contribution in [2.24, 2.45) is 0 Å². The van der Waals surface area contributed by atoms with Crippen LogP contribution in [0.1, 0.15) is 6.92 Å². The number of hydrogen-bond donors (Lipinski definition) is 0. The molecule has 0 unspecified atom stereocenters. The standard InChI is InChI=1S/C7H12O4/c1-5(9-2)6(10-3)7(8)11-4/h1-4H3/b6-5+. The summed E-state index contributed by atoms with van der Waals surface area (Å²) in [5, 5.41) is 0. The van der Waals surface area contributed by atoms with Crippen molar-refractivity contribution >= 4 is 5.97 Å². The van der Waals surface area contributed by atoms with E-state index in [2.05, 4.69) is 4.74 Å². The molecule has 0 saturated carbocycles. The maximum absolute atomic E-state index is 10.9. The highest BCUT2D eigenvalue weighted by atomic mass is 16.6. The molecule has 0 spiro atoms. The fourth-order valence-electron chi connectivity index (χ4n) is 0.556. The van der Waals surface area contributed by atoms with Crippen LogP contribution < -0.4 is 0 Å². The molecule has 0 aromatic carbocycles. The Balaban J connectivity index is 4.50. The van der Waals surface area contributed by atoms with E-state index in [0.717, 1.165) is 0 Å². The molecule has 0 aromatic rings. The second-order valence-electron chi connectivity index (χ2n) is 1.79. The van der Waals surface area contributed by atoms with Gasteiger partial charge < -0.3 is 14.2 Å². The number of methoxy groups -OCH3 is 3. The maximum atomic E-state index is 10.9. The van der Waals surface area contributed by atoms with Crippen LogP contribution in [0.4, 0.5) is 0 Å². The summed E-state index contributed by atoms with van der Waals surface area (Å²) in [6, 6.07) is 0. The molecule has 4 nitrogen and oxygen atoms in total. The van der Waals surface area contributed by atoms with Crippen LogP contribution in [-0.2, 0) is 19.0 Å². The lowest BCUT2D eigenvalue weighted by atomic mass is 10.4. The molecule has 0 aromatic heterocycles. The van der Waals surface area contributed by atoms with Crippen molar-refractivity contribution < 1.29 is 19.0 Å². The van der Waals surface area contributed by atoms with Gasteiger partial charge >= 0.3 is 5.97 Å². The predicted octanol–water partition coefficient (Wildman–Crippen LogP) is 0.684. The van der Waals surface area contributed by atoms with E-state index < -0.39 is 5.97 Å². The first kappa shape index (κ1) is 9.81. The summed E-state index contributed by atoms with van der Waals surface area (Å²) in [7, 11) is 4.12. The highest BCUT2D eigenvalue weighted by molar-refractivity contribution is 5.86. The van der Waals surface area contributed by atoms with Crippen LogP contribution in [0.25, 0.3) is 0 Å². The summed E-state index contributed by atoms with van der Waals surface area (Å²) in [6.07, 6.45) is 0. The van der Waals surface area contributed by atoms with Crippen molar-refractivity contribution in [2.75, 3.05) is 21.3 Å². The van der Waals surface area contributed by atoms with Crippen LogP contribution in [-0.4, -0.2) is 27.3 Å². The quantitative estimate of drug-likeness (QED) is 0.346. The topological polar surface area (TPSA) is 44.8 Å². The zero-order valence-electron chi connectivity index (χ0n) is 7.13. The van der Waals surface area contributed by atoms with E-state index >= 15 is 0 Å². The van der Waals surface area contributed by atoms with Crippen molar-refractivity contribution in [2.45, 2.75) is 6.92 Å². The smallest absolute Gasteiger partial charge is 0.376 e. The van der Waals surface area contributed by atoms with Crippen molar-refractivity contribution in [3.8, 4) is 0 Å². The van der Waals surface area contributed by atoms with Gasteiger partial charge in [-0.05, 0) is 6.92 Å². The van der Waals surface area contributed by atoms with Crippen LogP contribution in [0.15, 0.2) is 11.5 Å². The molecule has 0 saturated heterocycles. The summed E-state index contributed by atoms with van der Waals surface area (Å²) < 4.78 is 13.9. The Hall–Kier alpha value is -1.19. The summed E-state index contributed by atoms with van der Waals surface area (Å²) in [5.74, 6) is -0.0406. The fraction of sp³-hybridized carbons (Fsp3) is 0.571. The number of allylic oxidation sites excluding steroid dienone is 1. The van der Waals surface area contributed by atoms with E-state index in [0.29, 0.717) is 5.76 Å². The van der Waals surface area contributed by atoms with Gasteiger partial charge in [0.25, 0.3) is 0 Å². The highest BCUT2D eigenvalue weighted by Gasteiger charge is 2.13. The summed E-state index contributed by atoms with van der Waals surface area (Å²) >= 11 is 0. The van der Waals surface area contributed by atoms with Crippen molar-refractivity contribution in [3.63, 3.8) is 0 Å². The van der Waals surface area contributed by atoms with Gasteiger partial charge in [0, 0.05) is 0 Å². The molecule has 0 aliphatic carbocycles. The second-order valence-corrected chi connectivity index (χ2v) is 1.79. The molecule has 11 heavy (non-hydrogen) atoms. The lowest BCUT2D eigenvalue weighted by Crippen LogP contribution is -2.09. The normalized spacial score (nSPS) is 11.6. The van der Waals surface area contributed by atoms with Crippen LogP contribution in [0.3, 0.4) is 0 Å². The Bertz CT molecular complexity index is 171. The van der Waals surface area contributed by atoms with Gasteiger partial charge in [-0.15, -0.1) is 0 Å². The molecule has 0 rings (SSSR count). The molecule has 0 atom stereocenters. The number of esters is 1. The minimum Gasteiger partial charge on any atom is -0.497 e. The van der Waals surface area contributed by atoms with Crippen LogP contribution in [0.2, 0.25) is 0 Å². The SMILES string of the molecule is COC(=O)/C(OC)=C(/C)OC. The lowest BCUT2D eigenvalue weighted by molar-refractivity contribution is -0.140. The van der Waals surface area contributed by atoms with Gasteiger partial charge in [0.2, 0.25) is 5.76 Å². The molecule has 0 radical (unpaired) electrons. The zero-order valence-corrected chi connectivity index (χ0v) is 7.13. The molecule has 0 fully saturated rings. The number of hydrogen-bond acceptors (Lipinski definition) is 4. The van der Waals surface area contributed by atoms with E-state index in [9.17, 15) is 4.79 Å². The summed E-state index contributed by atoms with van der Waals surface area (Å²) in [5.41, 5.74) is 0. The van der Waals surface area contributed by atoms with E-state index in [4.69, 9.17) is 9.47 Å². The third-order valence-electron chi connectivity index (χ3n) is 1.20. The molecular weight excluding hydrogens is 148 g/mol. The molecule has 0 N–H and O–H groups in total. The molecular formula is C7H12O4. The van der Waals surface area contributed by atoms with Crippen LogP contribution in [0, 0.1) is 0 Å². The summed E-state index contributed by atoms with van der Waals surface area (Å²) in [6.45, 7) is 1.62. The molecule has 0 aliphatic rings. The first-order valence-corrected chi connectivity index (χ1v) is 3.04. The fourth-order valence-corrected chi connectivity index (χ4v) is 0.556. The Kier molecular flexibility index (Phi) is 4.10. The van der Waals surface area contributed by atoms with Crippen LogP contribution in [0.5, 0.6) is 0 Å². The Morgan fingerprint density at radius 2 is 1.55 bits per heavy atom. The van der Waals surface area contributed by atoms with Crippen LogP contribution >= 0.6 is 0 Å². The van der Waals surface area contributed by atoms with Gasteiger partial charge in [-0.25, -0.2) is 4.79 Å². The average Bonchev–Trinajstić information content (AvgIpc) is 2.05. The van der Waals surface area contributed by atoms with Gasteiger partial charge in [-0.2, -0.15) is 0 Å². The Labute approximate surface area is 65.7 Å². The number of rotatable bonds is 3. The molecule has 0 aliphatic heterocycles. The Morgan fingerprint density at radius 3 is 1.82 bits per heavy atom. The van der Waals surface area contributed by atoms with Gasteiger partial charge in [-0.3, -0.25) is 0 Å². The van der Waals surface area contributed by atoms with Crippen molar-refractivity contribution in [1.29, 1.82) is 0 Å². The number of carbonyl (C=O) groups excluding carboxylic acids is 1. The minimum atomic E-state index is -0.535. The van der Waals surface area contributed by atoms with Gasteiger partial charge in [0.15, 0.2) is 0 Å². The maximum Gasteiger partial charge on any atom is 0.376 e. The zero-order chi connectivity index (χ0) is 8.85. The monoisotopic (exact) mass is 160 g/mol. The first-order valence-electron chi connectivity index (χ1n) is 3.04. The van der Waals surface area contributed by atoms with Gasteiger partial charge in [-0.1, -0.05) is 0 Å². The summed E-state index contributed by atoms with van der Waals surface area (Å²) in [4.78, 5) is 10.9.